The molecule has 1 aliphatic carbocycles. The minimum Gasteiger partial charge on any atom is -0.459 e. The van der Waals surface area contributed by atoms with Gasteiger partial charge in [0.2, 0.25) is 18.6 Å². The van der Waals surface area contributed by atoms with E-state index in [9.17, 15) is 14.4 Å². The van der Waals surface area contributed by atoms with Gasteiger partial charge in [0.05, 0.1) is 12.8 Å². The summed E-state index contributed by atoms with van der Waals surface area (Å²) in [7, 11) is 0. The lowest BCUT2D eigenvalue weighted by molar-refractivity contribution is -0.130. The fourth-order valence-corrected chi connectivity index (χ4v) is 5.25. The average molecular weight is 491 g/mol. The lowest BCUT2D eigenvalue weighted by Crippen LogP contribution is -2.62. The molecule has 3 aromatic rings. The van der Waals surface area contributed by atoms with E-state index in [0.29, 0.717) is 35.6 Å². The van der Waals surface area contributed by atoms with Crippen LogP contribution in [0.2, 0.25) is 0 Å². The van der Waals surface area contributed by atoms with Gasteiger partial charge in [0.1, 0.15) is 0 Å². The Balaban J connectivity index is 1.62. The molecule has 5 rings (SSSR count). The predicted octanol–water partition coefficient (Wildman–Crippen LogP) is 2.74. The quantitative estimate of drug-likeness (QED) is 0.495. The molecule has 10 heteroatoms. The van der Waals surface area contributed by atoms with Gasteiger partial charge in [-0.2, -0.15) is 0 Å². The molecule has 0 bridgehead atoms. The number of primary amides is 1. The van der Waals surface area contributed by atoms with Crippen molar-refractivity contribution >= 4 is 23.4 Å². The molecule has 1 atom stereocenters. The fraction of sp³-hybridized carbons (Fsp3) is 0.308. The molecular formula is C26H26N4O6. The van der Waals surface area contributed by atoms with Gasteiger partial charge in [-0.15, -0.1) is 0 Å². The summed E-state index contributed by atoms with van der Waals surface area (Å²) in [6.07, 6.45) is 7.74. The minimum atomic E-state index is -1.51. The van der Waals surface area contributed by atoms with Crippen LogP contribution in [0.1, 0.15) is 41.8 Å². The molecule has 36 heavy (non-hydrogen) atoms. The van der Waals surface area contributed by atoms with E-state index in [4.69, 9.17) is 19.6 Å². The van der Waals surface area contributed by atoms with Crippen molar-refractivity contribution in [1.29, 1.82) is 0 Å². The van der Waals surface area contributed by atoms with Crippen LogP contribution in [-0.4, -0.2) is 36.0 Å². The molecule has 3 heterocycles. The Bertz CT molecular complexity index is 1260. The first-order valence-electron chi connectivity index (χ1n) is 11.8. The zero-order chi connectivity index (χ0) is 25.1. The molecule has 1 aliphatic heterocycles. The predicted molar refractivity (Wildman–Crippen MR) is 128 cm³/mol. The summed E-state index contributed by atoms with van der Waals surface area (Å²) in [5, 5.41) is 2.60. The molecule has 186 valence electrons. The van der Waals surface area contributed by atoms with Crippen LogP contribution < -0.4 is 25.4 Å². The third kappa shape index (κ3) is 4.04. The number of benzene rings is 1. The molecule has 1 unspecified atom stereocenters. The maximum absolute atomic E-state index is 14.0. The maximum atomic E-state index is 14.0. The first-order valence-corrected chi connectivity index (χ1v) is 11.8. The van der Waals surface area contributed by atoms with Crippen molar-refractivity contribution in [3.05, 3.63) is 72.4 Å². The Labute approximate surface area is 207 Å². The molecular weight excluding hydrogens is 464 g/mol. The fourth-order valence-electron chi connectivity index (χ4n) is 5.25. The number of carbonyl (C=O) groups excluding carboxylic acids is 3. The summed E-state index contributed by atoms with van der Waals surface area (Å²) in [4.78, 5) is 45.5. The number of aromatic nitrogens is 1. The first kappa shape index (κ1) is 23.4. The third-order valence-electron chi connectivity index (χ3n) is 6.80. The largest absolute Gasteiger partial charge is 0.459 e. The van der Waals surface area contributed by atoms with E-state index in [1.807, 2.05) is 0 Å². The number of nitrogens with zero attached hydrogens (tertiary/aromatic N) is 2. The SMILES string of the molecule is NC(=O)C(c1ccncc1)(C1CCCC1)N(C(=O)CNC(=O)c1ccco1)c1ccc2c(c1)OCO2. The second kappa shape index (κ2) is 9.73. The Kier molecular flexibility index (Phi) is 6.32. The van der Waals surface area contributed by atoms with Crippen molar-refractivity contribution in [2.45, 2.75) is 31.2 Å². The van der Waals surface area contributed by atoms with Crippen LogP contribution in [0, 0.1) is 5.92 Å². The number of anilines is 1. The Morgan fingerprint density at radius 3 is 2.50 bits per heavy atom. The summed E-state index contributed by atoms with van der Waals surface area (Å²) in [5.41, 5.74) is 5.64. The molecule has 2 aliphatic rings. The van der Waals surface area contributed by atoms with E-state index in [1.54, 1.807) is 48.8 Å². The number of hydrogen-bond acceptors (Lipinski definition) is 7. The number of fused-ring (bicyclic) bond motifs is 1. The van der Waals surface area contributed by atoms with Gasteiger partial charge >= 0.3 is 0 Å². The zero-order valence-electron chi connectivity index (χ0n) is 19.5. The summed E-state index contributed by atoms with van der Waals surface area (Å²) in [6, 6.07) is 11.5. The van der Waals surface area contributed by atoms with Crippen molar-refractivity contribution in [1.82, 2.24) is 10.3 Å². The number of hydrogen-bond donors (Lipinski definition) is 2. The molecule has 1 aromatic carbocycles. The molecule has 2 aromatic heterocycles. The van der Waals surface area contributed by atoms with Crippen molar-refractivity contribution < 1.29 is 28.3 Å². The van der Waals surface area contributed by atoms with Gasteiger partial charge in [-0.3, -0.25) is 24.3 Å². The van der Waals surface area contributed by atoms with E-state index in [0.717, 1.165) is 12.8 Å². The zero-order valence-corrected chi connectivity index (χ0v) is 19.5. The molecule has 0 radical (unpaired) electrons. The van der Waals surface area contributed by atoms with Gasteiger partial charge in [0.25, 0.3) is 5.91 Å². The standard InChI is InChI=1S/C26H26N4O6/c27-25(33)26(17-4-1-2-5-17,18-9-11-28-12-10-18)30(19-7-8-20-22(14-19)36-16-35-20)23(31)15-29-24(32)21-6-3-13-34-21/h3,6-14,17H,1-2,4-5,15-16H2,(H2,27,33)(H,29,32). The molecule has 3 amide bonds. The molecule has 10 nitrogen and oxygen atoms in total. The third-order valence-corrected chi connectivity index (χ3v) is 6.80. The smallest absolute Gasteiger partial charge is 0.287 e. The number of ether oxygens (including phenoxy) is 2. The van der Waals surface area contributed by atoms with Crippen LogP contribution in [-0.2, 0) is 15.1 Å². The highest BCUT2D eigenvalue weighted by Gasteiger charge is 2.54. The molecule has 3 N–H and O–H groups in total. The minimum absolute atomic E-state index is 0.0554. The van der Waals surface area contributed by atoms with Crippen LogP contribution in [0.3, 0.4) is 0 Å². The second-order valence-corrected chi connectivity index (χ2v) is 8.77. The van der Waals surface area contributed by atoms with Gasteiger partial charge in [-0.05, 0) is 60.7 Å². The number of pyridine rings is 1. The summed E-state index contributed by atoms with van der Waals surface area (Å²) < 4.78 is 16.1. The van der Waals surface area contributed by atoms with Crippen molar-refractivity contribution in [3.8, 4) is 11.5 Å². The van der Waals surface area contributed by atoms with E-state index >= 15 is 0 Å². The van der Waals surface area contributed by atoms with Crippen LogP contribution >= 0.6 is 0 Å². The van der Waals surface area contributed by atoms with Gasteiger partial charge in [-0.1, -0.05) is 12.8 Å². The number of nitrogens with one attached hydrogen (secondary N) is 1. The second-order valence-electron chi connectivity index (χ2n) is 8.77. The topological polar surface area (TPSA) is 137 Å². The highest BCUT2D eigenvalue weighted by Crippen LogP contribution is 2.48. The number of furan rings is 1. The summed E-state index contributed by atoms with van der Waals surface area (Å²) in [5.74, 6) is -0.916. The van der Waals surface area contributed by atoms with Crippen LogP contribution in [0.5, 0.6) is 11.5 Å². The first-order chi connectivity index (χ1) is 17.5. The molecule has 0 spiro atoms. The number of nitrogens with two attached hydrogens (primary N) is 1. The summed E-state index contributed by atoms with van der Waals surface area (Å²) >= 11 is 0. The lowest BCUT2D eigenvalue weighted by Gasteiger charge is -2.46. The number of amides is 3. The van der Waals surface area contributed by atoms with Crippen LogP contribution in [0.4, 0.5) is 5.69 Å². The van der Waals surface area contributed by atoms with E-state index in [1.165, 1.54) is 17.2 Å². The van der Waals surface area contributed by atoms with Crippen LogP contribution in [0.15, 0.2) is 65.5 Å². The highest BCUT2D eigenvalue weighted by molar-refractivity contribution is 6.06. The van der Waals surface area contributed by atoms with Crippen molar-refractivity contribution in [2.75, 3.05) is 18.2 Å². The molecule has 1 saturated carbocycles. The average Bonchev–Trinajstić information content (AvgIpc) is 3.68. The van der Waals surface area contributed by atoms with E-state index in [-0.39, 0.29) is 25.0 Å². The van der Waals surface area contributed by atoms with Crippen molar-refractivity contribution in [2.24, 2.45) is 11.7 Å². The molecule has 1 fully saturated rings. The lowest BCUT2D eigenvalue weighted by atomic mass is 9.74. The van der Waals surface area contributed by atoms with Crippen LogP contribution in [0.25, 0.3) is 0 Å². The normalized spacial score (nSPS) is 16.3. The van der Waals surface area contributed by atoms with Gasteiger partial charge < -0.3 is 24.9 Å². The van der Waals surface area contributed by atoms with E-state index < -0.39 is 23.3 Å². The summed E-state index contributed by atoms with van der Waals surface area (Å²) in [6.45, 7) is -0.333. The van der Waals surface area contributed by atoms with Gasteiger partial charge in [0.15, 0.2) is 22.8 Å². The Hall–Kier alpha value is -4.34. The van der Waals surface area contributed by atoms with Gasteiger partial charge in [0, 0.05) is 24.1 Å². The Morgan fingerprint density at radius 2 is 1.81 bits per heavy atom. The monoisotopic (exact) mass is 490 g/mol. The molecule has 0 saturated heterocycles. The highest BCUT2D eigenvalue weighted by atomic mass is 16.7. The van der Waals surface area contributed by atoms with Gasteiger partial charge in [-0.25, -0.2) is 0 Å². The number of rotatable bonds is 8. The maximum Gasteiger partial charge on any atom is 0.287 e. The number of carbonyl (C=O) groups is 3. The van der Waals surface area contributed by atoms with E-state index in [2.05, 4.69) is 10.3 Å². The van der Waals surface area contributed by atoms with Crippen molar-refractivity contribution in [3.63, 3.8) is 0 Å². The Morgan fingerprint density at radius 1 is 1.06 bits per heavy atom.